The molecule has 0 aromatic carbocycles. The molecule has 2 heterocycles. The van der Waals surface area contributed by atoms with E-state index in [4.69, 9.17) is 0 Å². The first-order valence-electron chi connectivity index (χ1n) is 5.45. The lowest BCUT2D eigenvalue weighted by molar-refractivity contribution is 0.582. The van der Waals surface area contributed by atoms with Crippen LogP contribution in [0.25, 0.3) is 0 Å². The monoisotopic (exact) mass is 292 g/mol. The Morgan fingerprint density at radius 1 is 1.56 bits per heavy atom. The van der Waals surface area contributed by atoms with E-state index in [1.165, 1.54) is 17.1 Å². The fourth-order valence-corrected chi connectivity index (χ4v) is 2.66. The maximum Gasteiger partial charge on any atom is 0.243 e. The van der Waals surface area contributed by atoms with Crippen molar-refractivity contribution in [2.45, 2.75) is 11.3 Å². The molecule has 2 rings (SSSR count). The van der Waals surface area contributed by atoms with Gasteiger partial charge in [-0.3, -0.25) is 4.68 Å². The van der Waals surface area contributed by atoms with Crippen LogP contribution in [0.15, 0.2) is 28.9 Å². The molecule has 0 atom stereocenters. The normalized spacial score (nSPS) is 15.9. The Hall–Kier alpha value is -0.890. The van der Waals surface area contributed by atoms with Crippen LogP contribution in [0.2, 0.25) is 0 Å². The molecule has 1 aliphatic rings. The van der Waals surface area contributed by atoms with Gasteiger partial charge < -0.3 is 5.32 Å². The van der Waals surface area contributed by atoms with E-state index in [9.17, 15) is 8.42 Å². The molecule has 6 nitrogen and oxygen atoms in total. The largest absolute Gasteiger partial charge is 0.313 e. The number of hydrogen-bond acceptors (Lipinski definition) is 4. The lowest BCUT2D eigenvalue weighted by atomic mass is 10.1. The van der Waals surface area contributed by atoms with E-state index in [1.807, 2.05) is 6.08 Å². The molecule has 0 saturated carbocycles. The highest BCUT2D eigenvalue weighted by molar-refractivity contribution is 7.89. The molecular formula is C10H17ClN4O2S. The number of hydrogen-bond donors (Lipinski definition) is 2. The summed E-state index contributed by atoms with van der Waals surface area (Å²) in [6.45, 7) is 2.09. The van der Waals surface area contributed by atoms with Gasteiger partial charge in [0, 0.05) is 26.3 Å². The molecule has 2 N–H and O–H groups in total. The fourth-order valence-electron chi connectivity index (χ4n) is 1.64. The molecule has 0 aliphatic carbocycles. The molecule has 1 aromatic heterocycles. The van der Waals surface area contributed by atoms with Gasteiger partial charge in [0.25, 0.3) is 0 Å². The molecule has 0 spiro atoms. The summed E-state index contributed by atoms with van der Waals surface area (Å²) in [4.78, 5) is 0.203. The number of nitrogens with one attached hydrogen (secondary N) is 2. The van der Waals surface area contributed by atoms with Gasteiger partial charge in [-0.15, -0.1) is 12.4 Å². The summed E-state index contributed by atoms with van der Waals surface area (Å²) >= 11 is 0. The SMILES string of the molecule is Cl.Cn1cc(S(=O)(=O)NCC2=CCNCC2)cn1. The van der Waals surface area contributed by atoms with Crippen LogP contribution < -0.4 is 10.0 Å². The summed E-state index contributed by atoms with van der Waals surface area (Å²) in [6, 6.07) is 0. The first-order valence-corrected chi connectivity index (χ1v) is 6.93. The number of rotatable bonds is 4. The highest BCUT2D eigenvalue weighted by Gasteiger charge is 2.16. The van der Waals surface area contributed by atoms with Crippen LogP contribution in [-0.4, -0.2) is 37.8 Å². The topological polar surface area (TPSA) is 76.0 Å². The summed E-state index contributed by atoms with van der Waals surface area (Å²) < 4.78 is 27.8. The average molecular weight is 293 g/mol. The van der Waals surface area contributed by atoms with Gasteiger partial charge in [-0.25, -0.2) is 13.1 Å². The Morgan fingerprint density at radius 3 is 2.89 bits per heavy atom. The standard InChI is InChI=1S/C10H16N4O2S.ClH/c1-14-8-10(7-12-14)17(15,16)13-6-9-2-4-11-5-3-9;/h2,7-8,11,13H,3-6H2,1H3;1H. The van der Waals surface area contributed by atoms with Crippen LogP contribution in [0, 0.1) is 0 Å². The van der Waals surface area contributed by atoms with Crippen LogP contribution in [0.1, 0.15) is 6.42 Å². The van der Waals surface area contributed by atoms with Crippen molar-refractivity contribution in [1.29, 1.82) is 0 Å². The highest BCUT2D eigenvalue weighted by atomic mass is 35.5. The van der Waals surface area contributed by atoms with Crippen molar-refractivity contribution in [3.05, 3.63) is 24.0 Å². The molecule has 0 radical (unpaired) electrons. The predicted octanol–water partition coefficient (Wildman–Crippen LogP) is 0.0399. The molecule has 0 unspecified atom stereocenters. The van der Waals surface area contributed by atoms with Crippen LogP contribution in [0.5, 0.6) is 0 Å². The number of aryl methyl sites for hydroxylation is 1. The molecule has 0 amide bonds. The summed E-state index contributed by atoms with van der Waals surface area (Å²) in [5.41, 5.74) is 1.12. The van der Waals surface area contributed by atoms with E-state index in [-0.39, 0.29) is 17.3 Å². The molecule has 18 heavy (non-hydrogen) atoms. The van der Waals surface area contributed by atoms with E-state index in [1.54, 1.807) is 7.05 Å². The molecule has 1 aliphatic heterocycles. The number of sulfonamides is 1. The zero-order valence-electron chi connectivity index (χ0n) is 10.1. The third-order valence-corrected chi connectivity index (χ3v) is 3.99. The van der Waals surface area contributed by atoms with Crippen molar-refractivity contribution in [1.82, 2.24) is 19.8 Å². The van der Waals surface area contributed by atoms with Crippen LogP contribution in [0.3, 0.4) is 0 Å². The molecule has 0 saturated heterocycles. The number of halogens is 1. The minimum absolute atomic E-state index is 0. The van der Waals surface area contributed by atoms with E-state index in [0.717, 1.165) is 25.1 Å². The number of aromatic nitrogens is 2. The van der Waals surface area contributed by atoms with Crippen molar-refractivity contribution >= 4 is 22.4 Å². The Labute approximate surface area is 113 Å². The minimum atomic E-state index is -3.43. The lowest BCUT2D eigenvalue weighted by Gasteiger charge is -2.14. The second-order valence-electron chi connectivity index (χ2n) is 3.99. The van der Waals surface area contributed by atoms with E-state index in [2.05, 4.69) is 15.1 Å². The van der Waals surface area contributed by atoms with Gasteiger partial charge in [-0.2, -0.15) is 5.10 Å². The molecule has 102 valence electrons. The second-order valence-corrected chi connectivity index (χ2v) is 5.76. The van der Waals surface area contributed by atoms with Crippen molar-refractivity contribution in [2.75, 3.05) is 19.6 Å². The van der Waals surface area contributed by atoms with Crippen molar-refractivity contribution < 1.29 is 8.42 Å². The zero-order chi connectivity index (χ0) is 12.3. The maximum absolute atomic E-state index is 11.9. The van der Waals surface area contributed by atoms with Gasteiger partial charge in [-0.1, -0.05) is 11.6 Å². The maximum atomic E-state index is 11.9. The van der Waals surface area contributed by atoms with Crippen LogP contribution in [-0.2, 0) is 17.1 Å². The van der Waals surface area contributed by atoms with Crippen molar-refractivity contribution in [2.24, 2.45) is 7.05 Å². The van der Waals surface area contributed by atoms with Crippen LogP contribution >= 0.6 is 12.4 Å². The Bertz CT molecular complexity index is 524. The van der Waals surface area contributed by atoms with Gasteiger partial charge in [0.1, 0.15) is 4.90 Å². The second kappa shape index (κ2) is 6.33. The van der Waals surface area contributed by atoms with Crippen LogP contribution in [0.4, 0.5) is 0 Å². The van der Waals surface area contributed by atoms with E-state index < -0.39 is 10.0 Å². The summed E-state index contributed by atoms with van der Waals surface area (Å²) in [7, 11) is -1.74. The number of nitrogens with zero attached hydrogens (tertiary/aromatic N) is 2. The summed E-state index contributed by atoms with van der Waals surface area (Å²) in [5.74, 6) is 0. The summed E-state index contributed by atoms with van der Waals surface area (Å²) in [5, 5.41) is 7.03. The van der Waals surface area contributed by atoms with E-state index >= 15 is 0 Å². The Morgan fingerprint density at radius 2 is 2.33 bits per heavy atom. The van der Waals surface area contributed by atoms with Gasteiger partial charge in [0.05, 0.1) is 6.20 Å². The van der Waals surface area contributed by atoms with Gasteiger partial charge in [0.15, 0.2) is 0 Å². The first kappa shape index (κ1) is 15.2. The molecule has 1 aromatic rings. The molecular weight excluding hydrogens is 276 g/mol. The predicted molar refractivity (Wildman–Crippen MR) is 71.2 cm³/mol. The van der Waals surface area contributed by atoms with E-state index in [0.29, 0.717) is 6.54 Å². The molecule has 0 fully saturated rings. The average Bonchev–Trinajstić information content (AvgIpc) is 2.76. The quantitative estimate of drug-likeness (QED) is 0.768. The smallest absolute Gasteiger partial charge is 0.243 e. The zero-order valence-corrected chi connectivity index (χ0v) is 11.7. The Balaban J connectivity index is 0.00000162. The van der Waals surface area contributed by atoms with Crippen molar-refractivity contribution in [3.63, 3.8) is 0 Å². The van der Waals surface area contributed by atoms with Crippen molar-refractivity contribution in [3.8, 4) is 0 Å². The summed E-state index contributed by atoms with van der Waals surface area (Å²) in [6.07, 6.45) is 5.74. The van der Waals surface area contributed by atoms with Gasteiger partial charge in [-0.05, 0) is 13.0 Å². The highest BCUT2D eigenvalue weighted by Crippen LogP contribution is 2.08. The molecule has 8 heteroatoms. The third kappa shape index (κ3) is 3.81. The lowest BCUT2D eigenvalue weighted by Crippen LogP contribution is -2.29. The Kier molecular flexibility index (Phi) is 5.33. The van der Waals surface area contributed by atoms with Gasteiger partial charge >= 0.3 is 0 Å². The fraction of sp³-hybridized carbons (Fsp3) is 0.500. The first-order chi connectivity index (χ1) is 8.08. The van der Waals surface area contributed by atoms with Gasteiger partial charge in [0.2, 0.25) is 10.0 Å². The molecule has 0 bridgehead atoms. The minimum Gasteiger partial charge on any atom is -0.313 e. The third-order valence-electron chi connectivity index (χ3n) is 2.64.